The number of hydrogen-bond acceptors (Lipinski definition) is 9. The zero-order valence-corrected chi connectivity index (χ0v) is 22.5. The van der Waals surface area contributed by atoms with E-state index in [1.165, 1.54) is 6.07 Å². The van der Waals surface area contributed by atoms with Gasteiger partial charge in [-0.15, -0.1) is 0 Å². The van der Waals surface area contributed by atoms with E-state index < -0.39 is 58.4 Å². The molecule has 0 aromatic heterocycles. The van der Waals surface area contributed by atoms with E-state index in [0.29, 0.717) is 23.2 Å². The lowest BCUT2D eigenvalue weighted by Crippen LogP contribution is -2.55. The number of likely N-dealkylation sites (N-methyl/N-ethyl adjacent to an activating group) is 1. The quantitative estimate of drug-likeness (QED) is 0.341. The van der Waals surface area contributed by atoms with Crippen LogP contribution < -0.4 is 5.73 Å². The number of aromatic hydroxyl groups is 1. The average Bonchev–Trinajstić information content (AvgIpc) is 2.77. The van der Waals surface area contributed by atoms with Crippen molar-refractivity contribution in [3.05, 3.63) is 45.2 Å². The van der Waals surface area contributed by atoms with Crippen LogP contribution in [0, 0.1) is 29.1 Å². The number of hydrogen-bond donors (Lipinski definition) is 4. The van der Waals surface area contributed by atoms with Gasteiger partial charge >= 0.3 is 0 Å². The number of phenolic OH excluding ortho intramolecular Hbond substituents is 1. The number of rotatable bonds is 4. The van der Waals surface area contributed by atoms with Gasteiger partial charge in [-0.1, -0.05) is 0 Å². The van der Waals surface area contributed by atoms with Gasteiger partial charge in [-0.25, -0.2) is 0 Å². The topological polar surface area (TPSA) is 168 Å². The fourth-order valence-electron chi connectivity index (χ4n) is 6.16. The van der Waals surface area contributed by atoms with E-state index in [0.717, 1.165) is 0 Å². The molecule has 0 saturated heterocycles. The molecule has 3 aliphatic rings. The summed E-state index contributed by atoms with van der Waals surface area (Å²) in [4.78, 5) is 42.8. The summed E-state index contributed by atoms with van der Waals surface area (Å²) >= 11 is 0. The number of ketones is 2. The molecule has 1 fully saturated rings. The van der Waals surface area contributed by atoms with Crippen LogP contribution in [0.4, 0.5) is 0 Å². The summed E-state index contributed by atoms with van der Waals surface area (Å²) in [6, 6.07) is 2.86. The van der Waals surface area contributed by atoms with Crippen molar-refractivity contribution in [2.75, 3.05) is 21.1 Å². The summed E-state index contributed by atoms with van der Waals surface area (Å²) in [7, 11) is 5.24. The van der Waals surface area contributed by atoms with Gasteiger partial charge in [-0.05, 0) is 83.8 Å². The lowest BCUT2D eigenvalue weighted by molar-refractivity contribution is -0.136. The first-order valence-electron chi connectivity index (χ1n) is 12.5. The first-order valence-corrected chi connectivity index (χ1v) is 12.5. The van der Waals surface area contributed by atoms with Crippen molar-refractivity contribution >= 4 is 23.2 Å². The molecule has 0 spiro atoms. The molecular weight excluding hydrogens is 488 g/mol. The van der Waals surface area contributed by atoms with E-state index in [1.54, 1.807) is 19.0 Å². The zero-order valence-electron chi connectivity index (χ0n) is 22.5. The number of primary amides is 1. The molecule has 3 aliphatic carbocycles. The average molecular weight is 523 g/mol. The maximum atomic E-state index is 13.8. The van der Waals surface area contributed by atoms with Crippen molar-refractivity contribution in [2.45, 2.75) is 51.7 Å². The molecule has 1 amide bonds. The Hall–Kier alpha value is -3.68. The van der Waals surface area contributed by atoms with Gasteiger partial charge in [0.2, 0.25) is 0 Å². The molecule has 0 unspecified atom stereocenters. The number of benzene rings is 1. The number of aliphatic hydroxyl groups is 2. The monoisotopic (exact) mass is 522 g/mol. The Balaban J connectivity index is 1.87. The number of nitrogens with two attached hydrogens (primary N) is 1. The molecule has 0 bridgehead atoms. The molecular formula is C28H34N4O6. The lowest BCUT2D eigenvalue weighted by atomic mass is 9.59. The Morgan fingerprint density at radius 3 is 2.32 bits per heavy atom. The predicted molar refractivity (Wildman–Crippen MR) is 139 cm³/mol. The summed E-state index contributed by atoms with van der Waals surface area (Å²) < 4.78 is 0. The number of carbonyl (C=O) groups excluding carboxylic acids is 3. The van der Waals surface area contributed by atoms with Crippen molar-refractivity contribution in [3.63, 3.8) is 0 Å². The summed E-state index contributed by atoms with van der Waals surface area (Å²) in [6.07, 6.45) is 0.423. The second kappa shape index (κ2) is 9.26. The van der Waals surface area contributed by atoms with Crippen molar-refractivity contribution < 1.29 is 29.7 Å². The van der Waals surface area contributed by atoms with Crippen LogP contribution >= 0.6 is 0 Å². The van der Waals surface area contributed by atoms with Crippen molar-refractivity contribution in [3.8, 4) is 11.8 Å². The van der Waals surface area contributed by atoms with Gasteiger partial charge in [0.25, 0.3) is 5.91 Å². The molecule has 38 heavy (non-hydrogen) atoms. The minimum atomic E-state index is -1.31. The number of aliphatic hydroxyl groups excluding tert-OH is 2. The molecule has 0 radical (unpaired) electrons. The molecule has 10 heteroatoms. The molecule has 1 aromatic rings. The van der Waals surface area contributed by atoms with Gasteiger partial charge in [-0.3, -0.25) is 24.2 Å². The zero-order chi connectivity index (χ0) is 28.4. The van der Waals surface area contributed by atoms with E-state index in [4.69, 9.17) is 5.73 Å². The Morgan fingerprint density at radius 2 is 1.79 bits per heavy atom. The first-order chi connectivity index (χ1) is 17.6. The number of nitrogens with zero attached hydrogens (tertiary/aromatic N) is 3. The van der Waals surface area contributed by atoms with E-state index >= 15 is 0 Å². The highest BCUT2D eigenvalue weighted by Crippen LogP contribution is 2.51. The number of allylic oxidation sites excluding steroid dienone is 1. The fraction of sp³-hybridized carbons (Fsp3) is 0.500. The van der Waals surface area contributed by atoms with Gasteiger partial charge in [0.15, 0.2) is 11.6 Å². The number of phenols is 1. The second-order valence-corrected chi connectivity index (χ2v) is 11.7. The van der Waals surface area contributed by atoms with E-state index in [-0.39, 0.29) is 35.3 Å². The van der Waals surface area contributed by atoms with Crippen LogP contribution in [-0.4, -0.2) is 75.3 Å². The smallest absolute Gasteiger partial charge is 0.255 e. The molecule has 0 aliphatic heterocycles. The maximum Gasteiger partial charge on any atom is 0.255 e. The Kier molecular flexibility index (Phi) is 6.66. The molecule has 1 saturated carbocycles. The van der Waals surface area contributed by atoms with Crippen molar-refractivity contribution in [1.82, 2.24) is 9.80 Å². The predicted octanol–water partition coefficient (Wildman–Crippen LogP) is 1.95. The van der Waals surface area contributed by atoms with Crippen molar-refractivity contribution in [1.29, 1.82) is 5.26 Å². The standard InChI is InChI=1S/C28H34N4O6/c1-28(2,3)32(6)11-13-9-17(33)19-14(16(13)10-29)7-12-8-15-20(24(35)18(12)23(19)34)25(36)21(27(30)38)26(37)22(15)31(4)5/h9,12,15,20,22,33-34,37H,7-8,11H2,1-6H3,(H2,30,38)/t12-,15+,20+,22-/m0/s1. The minimum Gasteiger partial charge on any atom is -0.510 e. The maximum absolute atomic E-state index is 13.8. The minimum absolute atomic E-state index is 0.00596. The highest BCUT2D eigenvalue weighted by atomic mass is 16.3. The number of nitriles is 1. The normalized spacial score (nSPS) is 25.3. The van der Waals surface area contributed by atoms with Crippen LogP contribution in [0.15, 0.2) is 23.0 Å². The van der Waals surface area contributed by atoms with E-state index in [9.17, 15) is 35.0 Å². The van der Waals surface area contributed by atoms with Crippen LogP contribution in [-0.2, 0) is 27.3 Å². The van der Waals surface area contributed by atoms with Gasteiger partial charge in [0.1, 0.15) is 22.8 Å². The molecule has 4 rings (SSSR count). The SMILES string of the molecule is CN(C)[C@@H]1C(O)=C(C(N)=O)C(=O)[C@H]2C(=O)C3=C(O)c4c(O)cc(CN(C)C(C)(C)C)c(C#N)c4C[C@H]3C[C@H]21. The Labute approximate surface area is 221 Å². The molecule has 1 aromatic carbocycles. The molecule has 4 atom stereocenters. The third kappa shape index (κ3) is 4.06. The van der Waals surface area contributed by atoms with E-state index in [1.807, 2.05) is 32.7 Å². The highest BCUT2D eigenvalue weighted by molar-refractivity contribution is 6.28. The number of Topliss-reactive ketones (excluding diaryl/α,β-unsaturated/α-hetero) is 2. The van der Waals surface area contributed by atoms with Crippen LogP contribution in [0.2, 0.25) is 0 Å². The molecule has 202 valence electrons. The highest BCUT2D eigenvalue weighted by Gasteiger charge is 2.55. The van der Waals surface area contributed by atoms with Gasteiger partial charge in [-0.2, -0.15) is 5.26 Å². The first kappa shape index (κ1) is 27.4. The molecule has 5 N–H and O–H groups in total. The lowest BCUT2D eigenvalue weighted by Gasteiger charge is -2.46. The largest absolute Gasteiger partial charge is 0.510 e. The molecule has 10 nitrogen and oxygen atoms in total. The summed E-state index contributed by atoms with van der Waals surface area (Å²) in [5.41, 5.74) is 5.98. The number of carbonyl (C=O) groups is 3. The van der Waals surface area contributed by atoms with Crippen LogP contribution in [0.25, 0.3) is 5.76 Å². The third-order valence-electron chi connectivity index (χ3n) is 8.31. The third-order valence-corrected chi connectivity index (χ3v) is 8.31. The Bertz CT molecular complexity index is 1360. The van der Waals surface area contributed by atoms with Crippen molar-refractivity contribution in [2.24, 2.45) is 23.5 Å². The second-order valence-electron chi connectivity index (χ2n) is 11.7. The van der Waals surface area contributed by atoms with E-state index in [2.05, 4.69) is 6.07 Å². The number of amides is 1. The van der Waals surface area contributed by atoms with Crippen LogP contribution in [0.5, 0.6) is 5.75 Å². The summed E-state index contributed by atoms with van der Waals surface area (Å²) in [5.74, 6) is -6.37. The van der Waals surface area contributed by atoms with Crippen LogP contribution in [0.1, 0.15) is 49.4 Å². The Morgan fingerprint density at radius 1 is 1.16 bits per heavy atom. The van der Waals surface area contributed by atoms with Crippen LogP contribution in [0.3, 0.4) is 0 Å². The van der Waals surface area contributed by atoms with Gasteiger partial charge in [0, 0.05) is 17.7 Å². The van der Waals surface area contributed by atoms with Gasteiger partial charge < -0.3 is 21.1 Å². The van der Waals surface area contributed by atoms with Gasteiger partial charge in [0.05, 0.1) is 29.2 Å². The summed E-state index contributed by atoms with van der Waals surface area (Å²) in [6.45, 7) is 6.47. The fourth-order valence-corrected chi connectivity index (χ4v) is 6.16. The molecule has 0 heterocycles. The number of fused-ring (bicyclic) bond motifs is 3. The summed E-state index contributed by atoms with van der Waals surface area (Å²) in [5, 5.41) is 43.2.